The highest BCUT2D eigenvalue weighted by Crippen LogP contribution is 2.30. The molecule has 0 aliphatic rings. The first-order chi connectivity index (χ1) is 10.1. The molecule has 0 spiro atoms. The molecule has 1 aromatic carbocycles. The van der Waals surface area contributed by atoms with Gasteiger partial charge in [0.05, 0.1) is 23.7 Å². The Morgan fingerprint density at radius 1 is 1.05 bits per heavy atom. The molecule has 0 amide bonds. The highest BCUT2D eigenvalue weighted by Gasteiger charge is 2.15. The summed E-state index contributed by atoms with van der Waals surface area (Å²) in [5.74, 6) is -2.36. The Labute approximate surface area is 117 Å². The summed E-state index contributed by atoms with van der Waals surface area (Å²) in [4.78, 5) is 18.6. The van der Waals surface area contributed by atoms with E-state index in [1.807, 2.05) is 0 Å². The van der Waals surface area contributed by atoms with Crippen LogP contribution < -0.4 is 0 Å². The van der Waals surface area contributed by atoms with Gasteiger partial charge < -0.3 is 5.11 Å². The van der Waals surface area contributed by atoms with Gasteiger partial charge >= 0.3 is 5.97 Å². The monoisotopic (exact) mass is 286 g/mol. The number of aromatic carboxylic acids is 1. The quantitative estimate of drug-likeness (QED) is 0.785. The molecule has 2 aromatic heterocycles. The molecule has 6 heteroatoms. The molecule has 1 N–H and O–H groups in total. The third-order valence-corrected chi connectivity index (χ3v) is 3.11. The summed E-state index contributed by atoms with van der Waals surface area (Å²) in [6.07, 6.45) is 3.39. The second-order valence-electron chi connectivity index (χ2n) is 4.38. The fourth-order valence-electron chi connectivity index (χ4n) is 2.12. The van der Waals surface area contributed by atoms with Crippen LogP contribution >= 0.6 is 0 Å². The lowest BCUT2D eigenvalue weighted by molar-refractivity contribution is 0.0697. The maximum Gasteiger partial charge on any atom is 0.335 e. The van der Waals surface area contributed by atoms with E-state index in [0.29, 0.717) is 0 Å². The predicted molar refractivity (Wildman–Crippen MR) is 71.8 cm³/mol. The van der Waals surface area contributed by atoms with E-state index >= 15 is 0 Å². The van der Waals surface area contributed by atoms with E-state index in [1.165, 1.54) is 30.5 Å². The molecule has 3 aromatic rings. The van der Waals surface area contributed by atoms with Crippen molar-refractivity contribution in [2.45, 2.75) is 0 Å². The van der Waals surface area contributed by atoms with Crippen LogP contribution in [0.1, 0.15) is 10.4 Å². The zero-order chi connectivity index (χ0) is 15.0. The average Bonchev–Trinajstić information content (AvgIpc) is 2.48. The third kappa shape index (κ3) is 2.20. The molecule has 0 atom stereocenters. The van der Waals surface area contributed by atoms with Gasteiger partial charge in [0.15, 0.2) is 5.82 Å². The Morgan fingerprint density at radius 3 is 2.57 bits per heavy atom. The minimum Gasteiger partial charge on any atom is -0.478 e. The molecule has 0 radical (unpaired) electrons. The van der Waals surface area contributed by atoms with Crippen LogP contribution in [-0.2, 0) is 0 Å². The molecular formula is C15H8F2N2O2. The lowest BCUT2D eigenvalue weighted by atomic mass is 10.0. The van der Waals surface area contributed by atoms with Crippen LogP contribution in [-0.4, -0.2) is 21.0 Å². The Morgan fingerprint density at radius 2 is 1.86 bits per heavy atom. The summed E-state index contributed by atoms with van der Waals surface area (Å²) in [5.41, 5.74) is 0.289. The van der Waals surface area contributed by atoms with E-state index in [9.17, 15) is 13.6 Å². The van der Waals surface area contributed by atoms with Crippen LogP contribution in [0.3, 0.4) is 0 Å². The van der Waals surface area contributed by atoms with Crippen molar-refractivity contribution in [2.75, 3.05) is 0 Å². The van der Waals surface area contributed by atoms with Crippen LogP contribution in [0.4, 0.5) is 8.78 Å². The van der Waals surface area contributed by atoms with Crippen LogP contribution in [0.25, 0.3) is 22.0 Å². The normalized spacial score (nSPS) is 10.8. The molecule has 0 bridgehead atoms. The van der Waals surface area contributed by atoms with Gasteiger partial charge in [-0.3, -0.25) is 9.97 Å². The molecule has 2 heterocycles. The smallest absolute Gasteiger partial charge is 0.335 e. The molecule has 0 aliphatic heterocycles. The highest BCUT2D eigenvalue weighted by atomic mass is 19.1. The first kappa shape index (κ1) is 13.1. The maximum absolute atomic E-state index is 13.9. The van der Waals surface area contributed by atoms with E-state index in [2.05, 4.69) is 9.97 Å². The standard InChI is InChI=1S/C15H8F2N2O2/c16-12-6-18-4-3-10(12)14-11-5-8(15(20)21)1-2-9(11)13(17)7-19-14/h1-7H,(H,20,21). The van der Waals surface area contributed by atoms with E-state index in [4.69, 9.17) is 5.11 Å². The van der Waals surface area contributed by atoms with Crippen LogP contribution in [0.2, 0.25) is 0 Å². The number of nitrogens with zero attached hydrogens (tertiary/aromatic N) is 2. The lowest BCUT2D eigenvalue weighted by Gasteiger charge is -2.08. The van der Waals surface area contributed by atoms with Gasteiger partial charge in [0.1, 0.15) is 5.82 Å². The second-order valence-corrected chi connectivity index (χ2v) is 4.38. The van der Waals surface area contributed by atoms with E-state index in [1.54, 1.807) is 0 Å². The summed E-state index contributed by atoms with van der Waals surface area (Å²) in [7, 11) is 0. The zero-order valence-electron chi connectivity index (χ0n) is 10.5. The van der Waals surface area contributed by atoms with Gasteiger partial charge in [0.2, 0.25) is 0 Å². The number of pyridine rings is 2. The first-order valence-corrected chi connectivity index (χ1v) is 5.99. The Bertz CT molecular complexity index is 865. The number of hydrogen-bond acceptors (Lipinski definition) is 3. The summed E-state index contributed by atoms with van der Waals surface area (Å²) < 4.78 is 27.6. The van der Waals surface area contributed by atoms with E-state index in [-0.39, 0.29) is 27.6 Å². The summed E-state index contributed by atoms with van der Waals surface area (Å²) >= 11 is 0. The number of benzene rings is 1. The van der Waals surface area contributed by atoms with Crippen LogP contribution in [0, 0.1) is 11.6 Å². The van der Waals surface area contributed by atoms with Gasteiger partial charge in [-0.2, -0.15) is 0 Å². The van der Waals surface area contributed by atoms with Crippen LogP contribution in [0.5, 0.6) is 0 Å². The van der Waals surface area contributed by atoms with E-state index in [0.717, 1.165) is 12.4 Å². The van der Waals surface area contributed by atoms with Gasteiger partial charge in [-0.25, -0.2) is 13.6 Å². The molecule has 0 saturated heterocycles. The van der Waals surface area contributed by atoms with Gasteiger partial charge in [-0.05, 0) is 18.2 Å². The SMILES string of the molecule is O=C(O)c1ccc2c(F)cnc(-c3ccncc3F)c2c1. The van der Waals surface area contributed by atoms with Crippen molar-refractivity contribution in [2.24, 2.45) is 0 Å². The second kappa shape index (κ2) is 4.90. The van der Waals surface area contributed by atoms with Gasteiger partial charge in [0, 0.05) is 22.5 Å². The van der Waals surface area contributed by atoms with Crippen molar-refractivity contribution in [3.8, 4) is 11.3 Å². The molecule has 21 heavy (non-hydrogen) atoms. The van der Waals surface area contributed by atoms with Crippen molar-refractivity contribution in [3.63, 3.8) is 0 Å². The molecular weight excluding hydrogens is 278 g/mol. The fraction of sp³-hybridized carbons (Fsp3) is 0. The van der Waals surface area contributed by atoms with Crippen LogP contribution in [0.15, 0.2) is 42.9 Å². The molecule has 0 aliphatic carbocycles. The third-order valence-electron chi connectivity index (χ3n) is 3.11. The summed E-state index contributed by atoms with van der Waals surface area (Å²) in [6, 6.07) is 5.32. The van der Waals surface area contributed by atoms with Gasteiger partial charge in [-0.1, -0.05) is 6.07 Å². The summed E-state index contributed by atoms with van der Waals surface area (Å²) in [6.45, 7) is 0. The molecule has 104 valence electrons. The first-order valence-electron chi connectivity index (χ1n) is 5.99. The van der Waals surface area contributed by atoms with Crippen molar-refractivity contribution >= 4 is 16.7 Å². The van der Waals surface area contributed by atoms with Crippen molar-refractivity contribution in [1.82, 2.24) is 9.97 Å². The number of carboxylic acids is 1. The topological polar surface area (TPSA) is 63.1 Å². The van der Waals surface area contributed by atoms with Gasteiger partial charge in [0.25, 0.3) is 0 Å². The molecule has 0 fully saturated rings. The molecule has 0 saturated carbocycles. The maximum atomic E-state index is 13.9. The number of rotatable bonds is 2. The Hall–Kier alpha value is -2.89. The average molecular weight is 286 g/mol. The Balaban J connectivity index is 2.38. The van der Waals surface area contributed by atoms with Crippen molar-refractivity contribution in [1.29, 1.82) is 0 Å². The minimum atomic E-state index is -1.15. The Kier molecular flexibility index (Phi) is 3.06. The lowest BCUT2D eigenvalue weighted by Crippen LogP contribution is -1.98. The van der Waals surface area contributed by atoms with Crippen molar-refractivity contribution in [3.05, 3.63) is 60.1 Å². The fourth-order valence-corrected chi connectivity index (χ4v) is 2.12. The number of fused-ring (bicyclic) bond motifs is 1. The number of aromatic nitrogens is 2. The van der Waals surface area contributed by atoms with Gasteiger partial charge in [-0.15, -0.1) is 0 Å². The van der Waals surface area contributed by atoms with E-state index < -0.39 is 17.6 Å². The zero-order valence-corrected chi connectivity index (χ0v) is 10.5. The number of hydrogen-bond donors (Lipinski definition) is 1. The highest BCUT2D eigenvalue weighted by molar-refractivity contribution is 6.00. The largest absolute Gasteiger partial charge is 0.478 e. The molecule has 3 rings (SSSR count). The van der Waals surface area contributed by atoms with Crippen molar-refractivity contribution < 1.29 is 18.7 Å². The number of halogens is 2. The predicted octanol–water partition coefficient (Wildman–Crippen LogP) is 3.27. The number of carbonyl (C=O) groups is 1. The summed E-state index contributed by atoms with van der Waals surface area (Å²) in [5, 5.41) is 9.45. The minimum absolute atomic E-state index is 0.0226. The molecule has 4 nitrogen and oxygen atoms in total. The molecule has 0 unspecified atom stereocenters. The number of carboxylic acid groups (broad SMARTS) is 1.